The van der Waals surface area contributed by atoms with Crippen LogP contribution in [0.4, 0.5) is 10.5 Å². The lowest BCUT2D eigenvalue weighted by Crippen LogP contribution is -2.43. The Bertz CT molecular complexity index is 427. The predicted molar refractivity (Wildman–Crippen MR) is 77.2 cm³/mol. The van der Waals surface area contributed by atoms with E-state index in [0.29, 0.717) is 12.2 Å². The second kappa shape index (κ2) is 6.54. The molecular weight excluding hydrogens is 242 g/mol. The van der Waals surface area contributed by atoms with Crippen LogP contribution in [0.5, 0.6) is 0 Å². The first kappa shape index (κ1) is 15.5. The van der Waals surface area contributed by atoms with E-state index in [1.807, 2.05) is 26.8 Å². The molecule has 19 heavy (non-hydrogen) atoms. The van der Waals surface area contributed by atoms with Gasteiger partial charge in [-0.25, -0.2) is 4.79 Å². The molecule has 106 valence electrons. The fraction of sp³-hybridized carbons (Fsp3) is 0.500. The molecular formula is C14H23N3O2. The molecule has 1 aromatic rings. The highest BCUT2D eigenvalue weighted by atomic mass is 16.3. The minimum atomic E-state index is -0.586. The maximum Gasteiger partial charge on any atom is 0.319 e. The van der Waals surface area contributed by atoms with Crippen LogP contribution in [0.1, 0.15) is 32.4 Å². The molecule has 0 saturated carbocycles. The summed E-state index contributed by atoms with van der Waals surface area (Å²) in [6, 6.07) is 6.94. The van der Waals surface area contributed by atoms with Gasteiger partial charge in [-0.1, -0.05) is 12.1 Å². The van der Waals surface area contributed by atoms with Crippen molar-refractivity contribution in [1.82, 2.24) is 10.6 Å². The van der Waals surface area contributed by atoms with Crippen LogP contribution in [0.2, 0.25) is 0 Å². The Balaban J connectivity index is 2.69. The summed E-state index contributed by atoms with van der Waals surface area (Å²) in [5, 5.41) is 18.4. The number of hydrogen-bond donors (Lipinski definition) is 4. The Morgan fingerprint density at radius 3 is 2.63 bits per heavy atom. The van der Waals surface area contributed by atoms with Gasteiger partial charge >= 0.3 is 6.03 Å². The highest BCUT2D eigenvalue weighted by Gasteiger charge is 2.14. The number of aliphatic hydroxyl groups excluding tert-OH is 1. The van der Waals surface area contributed by atoms with Gasteiger partial charge in [-0.2, -0.15) is 0 Å². The number of urea groups is 1. The molecule has 0 aliphatic rings. The monoisotopic (exact) mass is 265 g/mol. The molecule has 4 N–H and O–H groups in total. The van der Waals surface area contributed by atoms with E-state index in [1.165, 1.54) is 0 Å². The fourth-order valence-corrected chi connectivity index (χ4v) is 1.64. The van der Waals surface area contributed by atoms with Gasteiger partial charge in [0.2, 0.25) is 0 Å². The van der Waals surface area contributed by atoms with Crippen LogP contribution in [0, 0.1) is 0 Å². The summed E-state index contributed by atoms with van der Waals surface area (Å²) in [5.74, 6) is 0. The first-order chi connectivity index (χ1) is 8.81. The zero-order valence-corrected chi connectivity index (χ0v) is 11.9. The van der Waals surface area contributed by atoms with Crippen molar-refractivity contribution in [2.75, 3.05) is 18.9 Å². The fourth-order valence-electron chi connectivity index (χ4n) is 1.64. The van der Waals surface area contributed by atoms with E-state index in [-0.39, 0.29) is 11.6 Å². The second-order valence-electron chi connectivity index (χ2n) is 5.53. The Hall–Kier alpha value is -1.59. The van der Waals surface area contributed by atoms with Gasteiger partial charge in [0.05, 0.1) is 6.10 Å². The van der Waals surface area contributed by atoms with E-state index >= 15 is 0 Å². The molecule has 1 atom stereocenters. The summed E-state index contributed by atoms with van der Waals surface area (Å²) in [6.45, 7) is 6.22. The molecule has 0 aromatic heterocycles. The molecule has 0 saturated heterocycles. The average molecular weight is 265 g/mol. The highest BCUT2D eigenvalue weighted by Crippen LogP contribution is 2.17. The third-order valence-electron chi connectivity index (χ3n) is 2.42. The van der Waals surface area contributed by atoms with Crippen LogP contribution in [0.15, 0.2) is 24.3 Å². The van der Waals surface area contributed by atoms with Gasteiger partial charge < -0.3 is 21.1 Å². The van der Waals surface area contributed by atoms with E-state index < -0.39 is 6.10 Å². The van der Waals surface area contributed by atoms with Crippen molar-refractivity contribution in [3.8, 4) is 0 Å². The molecule has 1 rings (SSSR count). The van der Waals surface area contributed by atoms with Crippen LogP contribution in [0.3, 0.4) is 0 Å². The van der Waals surface area contributed by atoms with Gasteiger partial charge in [-0.05, 0) is 45.5 Å². The molecule has 1 unspecified atom stereocenters. The van der Waals surface area contributed by atoms with Gasteiger partial charge in [0, 0.05) is 17.8 Å². The Kier molecular flexibility index (Phi) is 5.32. The minimum absolute atomic E-state index is 0.257. The molecule has 5 heteroatoms. The van der Waals surface area contributed by atoms with Gasteiger partial charge in [-0.15, -0.1) is 0 Å². The predicted octanol–water partition coefficient (Wildman–Crippen LogP) is 1.86. The van der Waals surface area contributed by atoms with Crippen LogP contribution >= 0.6 is 0 Å². The quantitative estimate of drug-likeness (QED) is 0.671. The van der Waals surface area contributed by atoms with E-state index in [4.69, 9.17) is 0 Å². The number of nitrogens with one attached hydrogen (secondary N) is 3. The normalized spacial score (nSPS) is 12.9. The Labute approximate surface area is 114 Å². The number of aliphatic hydroxyl groups is 1. The molecule has 0 aliphatic heterocycles. The van der Waals surface area contributed by atoms with Gasteiger partial charge in [0.25, 0.3) is 0 Å². The van der Waals surface area contributed by atoms with Crippen molar-refractivity contribution in [3.63, 3.8) is 0 Å². The molecule has 0 heterocycles. The third-order valence-corrected chi connectivity index (χ3v) is 2.42. The third kappa shape index (κ3) is 5.72. The number of carbonyl (C=O) groups excluding carboxylic acids is 1. The smallest absolute Gasteiger partial charge is 0.319 e. The summed E-state index contributed by atoms with van der Waals surface area (Å²) in [6.07, 6.45) is -0.586. The number of anilines is 1. The molecule has 2 amide bonds. The van der Waals surface area contributed by atoms with Gasteiger partial charge in [0.15, 0.2) is 0 Å². The van der Waals surface area contributed by atoms with Crippen molar-refractivity contribution in [3.05, 3.63) is 29.8 Å². The summed E-state index contributed by atoms with van der Waals surface area (Å²) in [5.41, 5.74) is 1.14. The maximum absolute atomic E-state index is 11.7. The molecule has 0 radical (unpaired) electrons. The van der Waals surface area contributed by atoms with Crippen molar-refractivity contribution in [2.45, 2.75) is 32.4 Å². The topological polar surface area (TPSA) is 73.4 Å². The summed E-state index contributed by atoms with van der Waals surface area (Å²) in [7, 11) is 1.78. The SMILES string of the molecule is CNCC(O)c1cccc(NC(=O)NC(C)(C)C)c1. The number of hydrogen-bond acceptors (Lipinski definition) is 3. The maximum atomic E-state index is 11.7. The molecule has 1 aromatic carbocycles. The van der Waals surface area contributed by atoms with E-state index in [1.54, 1.807) is 25.2 Å². The lowest BCUT2D eigenvalue weighted by molar-refractivity contribution is 0.178. The van der Waals surface area contributed by atoms with E-state index in [0.717, 1.165) is 5.56 Å². The lowest BCUT2D eigenvalue weighted by Gasteiger charge is -2.21. The van der Waals surface area contributed by atoms with Crippen LogP contribution < -0.4 is 16.0 Å². The zero-order chi connectivity index (χ0) is 14.5. The molecule has 0 fully saturated rings. The standard InChI is InChI=1S/C14H23N3O2/c1-14(2,3)17-13(19)16-11-7-5-6-10(8-11)12(18)9-15-4/h5-8,12,15,18H,9H2,1-4H3,(H2,16,17,19). The number of carbonyl (C=O) groups is 1. The van der Waals surface area contributed by atoms with Crippen molar-refractivity contribution in [1.29, 1.82) is 0 Å². The van der Waals surface area contributed by atoms with Gasteiger partial charge in [0.1, 0.15) is 0 Å². The Morgan fingerprint density at radius 1 is 1.37 bits per heavy atom. The average Bonchev–Trinajstić information content (AvgIpc) is 2.27. The number of benzene rings is 1. The second-order valence-corrected chi connectivity index (χ2v) is 5.53. The van der Waals surface area contributed by atoms with Gasteiger partial charge in [-0.3, -0.25) is 0 Å². The summed E-state index contributed by atoms with van der Waals surface area (Å²) < 4.78 is 0. The molecule has 0 bridgehead atoms. The number of rotatable bonds is 4. The largest absolute Gasteiger partial charge is 0.387 e. The van der Waals surface area contributed by atoms with Crippen molar-refractivity contribution in [2.24, 2.45) is 0 Å². The van der Waals surface area contributed by atoms with Crippen molar-refractivity contribution < 1.29 is 9.90 Å². The molecule has 0 aliphatic carbocycles. The van der Waals surface area contributed by atoms with Crippen molar-refractivity contribution >= 4 is 11.7 Å². The first-order valence-electron chi connectivity index (χ1n) is 6.33. The molecule has 5 nitrogen and oxygen atoms in total. The van der Waals surface area contributed by atoms with E-state index in [2.05, 4.69) is 16.0 Å². The van der Waals surface area contributed by atoms with Crippen LogP contribution in [-0.4, -0.2) is 30.3 Å². The lowest BCUT2D eigenvalue weighted by atomic mass is 10.1. The first-order valence-corrected chi connectivity index (χ1v) is 6.33. The summed E-state index contributed by atoms with van der Waals surface area (Å²) >= 11 is 0. The summed E-state index contributed by atoms with van der Waals surface area (Å²) in [4.78, 5) is 11.7. The zero-order valence-electron chi connectivity index (χ0n) is 11.9. The van der Waals surface area contributed by atoms with Crippen LogP contribution in [-0.2, 0) is 0 Å². The minimum Gasteiger partial charge on any atom is -0.387 e. The highest BCUT2D eigenvalue weighted by molar-refractivity contribution is 5.89. The number of likely N-dealkylation sites (N-methyl/N-ethyl adjacent to an activating group) is 1. The molecule has 0 spiro atoms. The number of amides is 2. The Morgan fingerprint density at radius 2 is 2.05 bits per heavy atom. The van der Waals surface area contributed by atoms with Crippen LogP contribution in [0.25, 0.3) is 0 Å². The van der Waals surface area contributed by atoms with E-state index in [9.17, 15) is 9.90 Å².